The number of hydrogen-bond acceptors (Lipinski definition) is 5. The summed E-state index contributed by atoms with van der Waals surface area (Å²) in [4.78, 5) is 8.60. The molecule has 122 valence electrons. The zero-order chi connectivity index (χ0) is 16.9. The van der Waals surface area contributed by atoms with E-state index in [1.165, 1.54) is 23.5 Å². The highest BCUT2D eigenvalue weighted by atomic mass is 32.1. The van der Waals surface area contributed by atoms with Gasteiger partial charge in [0.2, 0.25) is 0 Å². The highest BCUT2D eigenvalue weighted by Gasteiger charge is 2.03. The lowest BCUT2D eigenvalue weighted by molar-refractivity contribution is 0.415. The summed E-state index contributed by atoms with van der Waals surface area (Å²) >= 11 is 1.49. The van der Waals surface area contributed by atoms with Crippen molar-refractivity contribution in [3.8, 4) is 5.75 Å². The SMILES string of the molecule is CNc1ccc(/C=C(F)/C=C/c2nc3ccc(OC)cc3s2)cn1. The van der Waals surface area contributed by atoms with E-state index in [1.807, 2.05) is 18.2 Å². The standard InChI is InChI=1S/C18H16FN3OS/c1-20-17-7-3-12(11-21-17)9-13(19)4-8-18-22-15-6-5-14(23-2)10-16(15)24-18/h3-11H,1-2H3,(H,20,21)/b8-4+,13-9-. The minimum atomic E-state index is -0.356. The van der Waals surface area contributed by atoms with Crippen LogP contribution in [0.5, 0.6) is 5.75 Å². The van der Waals surface area contributed by atoms with Crippen LogP contribution < -0.4 is 10.1 Å². The third kappa shape index (κ3) is 3.78. The summed E-state index contributed by atoms with van der Waals surface area (Å²) < 4.78 is 20.2. The first-order chi connectivity index (χ1) is 11.7. The second kappa shape index (κ2) is 7.23. The van der Waals surface area contributed by atoms with Crippen LogP contribution in [0, 0.1) is 0 Å². The van der Waals surface area contributed by atoms with Gasteiger partial charge in [-0.3, -0.25) is 0 Å². The fourth-order valence-electron chi connectivity index (χ4n) is 2.12. The Bertz CT molecular complexity index is 900. The number of allylic oxidation sites excluding steroid dienone is 2. The molecule has 0 saturated heterocycles. The van der Waals surface area contributed by atoms with Crippen LogP contribution in [0.4, 0.5) is 10.2 Å². The molecule has 0 spiro atoms. The molecule has 4 nitrogen and oxygen atoms in total. The quantitative estimate of drug-likeness (QED) is 0.679. The van der Waals surface area contributed by atoms with Gasteiger partial charge in [-0.1, -0.05) is 0 Å². The Kier molecular flexibility index (Phi) is 4.86. The molecule has 2 heterocycles. The lowest BCUT2D eigenvalue weighted by atomic mass is 10.2. The van der Waals surface area contributed by atoms with Gasteiger partial charge < -0.3 is 10.1 Å². The van der Waals surface area contributed by atoms with Gasteiger partial charge in [0, 0.05) is 13.2 Å². The third-order valence-corrected chi connectivity index (χ3v) is 4.33. The number of benzene rings is 1. The van der Waals surface area contributed by atoms with Crippen LogP contribution >= 0.6 is 11.3 Å². The normalized spacial score (nSPS) is 12.0. The van der Waals surface area contributed by atoms with Crippen molar-refractivity contribution in [3.05, 3.63) is 59.0 Å². The molecule has 0 aliphatic rings. The average molecular weight is 341 g/mol. The monoisotopic (exact) mass is 341 g/mol. The molecule has 3 aromatic rings. The van der Waals surface area contributed by atoms with E-state index >= 15 is 0 Å². The van der Waals surface area contributed by atoms with Crippen molar-refractivity contribution >= 4 is 39.5 Å². The maximum Gasteiger partial charge on any atom is 0.125 e. The van der Waals surface area contributed by atoms with Gasteiger partial charge in [-0.05, 0) is 54.1 Å². The van der Waals surface area contributed by atoms with Gasteiger partial charge in [0.15, 0.2) is 0 Å². The van der Waals surface area contributed by atoms with Gasteiger partial charge in [-0.25, -0.2) is 14.4 Å². The van der Waals surface area contributed by atoms with Gasteiger partial charge in [0.05, 0.1) is 17.3 Å². The van der Waals surface area contributed by atoms with E-state index < -0.39 is 0 Å². The minimum Gasteiger partial charge on any atom is -0.497 e. The number of nitrogens with one attached hydrogen (secondary N) is 1. The number of methoxy groups -OCH3 is 1. The van der Waals surface area contributed by atoms with E-state index in [9.17, 15) is 4.39 Å². The Morgan fingerprint density at radius 1 is 1.29 bits per heavy atom. The first kappa shape index (κ1) is 16.1. The summed E-state index contributed by atoms with van der Waals surface area (Å²) in [5.74, 6) is 1.17. The molecule has 3 rings (SSSR count). The number of pyridine rings is 1. The summed E-state index contributed by atoms with van der Waals surface area (Å²) in [5, 5.41) is 3.66. The first-order valence-corrected chi connectivity index (χ1v) is 8.13. The number of hydrogen-bond donors (Lipinski definition) is 1. The maximum atomic E-state index is 14.0. The minimum absolute atomic E-state index is 0.356. The van der Waals surface area contributed by atoms with E-state index in [1.54, 1.807) is 38.6 Å². The number of fused-ring (bicyclic) bond motifs is 1. The van der Waals surface area contributed by atoms with E-state index in [2.05, 4.69) is 15.3 Å². The van der Waals surface area contributed by atoms with Gasteiger partial charge in [0.25, 0.3) is 0 Å². The fraction of sp³-hybridized carbons (Fsp3) is 0.111. The molecule has 0 amide bonds. The summed E-state index contributed by atoms with van der Waals surface area (Å²) in [7, 11) is 3.41. The van der Waals surface area contributed by atoms with Crippen LogP contribution in [-0.2, 0) is 0 Å². The van der Waals surface area contributed by atoms with Crippen molar-refractivity contribution in [1.29, 1.82) is 0 Å². The summed E-state index contributed by atoms with van der Waals surface area (Å²) in [5.41, 5.74) is 1.57. The molecular weight excluding hydrogens is 325 g/mol. The molecule has 0 unspecified atom stereocenters. The fourth-order valence-corrected chi connectivity index (χ4v) is 3.02. The van der Waals surface area contributed by atoms with Crippen molar-refractivity contribution in [2.24, 2.45) is 0 Å². The second-order valence-corrected chi connectivity index (χ2v) is 6.04. The van der Waals surface area contributed by atoms with Gasteiger partial charge >= 0.3 is 0 Å². The number of ether oxygens (including phenoxy) is 1. The van der Waals surface area contributed by atoms with E-state index in [0.717, 1.165) is 26.8 Å². The van der Waals surface area contributed by atoms with Crippen LogP contribution in [0.1, 0.15) is 10.6 Å². The molecule has 1 N–H and O–H groups in total. The van der Waals surface area contributed by atoms with Crippen LogP contribution in [0.25, 0.3) is 22.4 Å². The summed E-state index contributed by atoms with van der Waals surface area (Å²) in [6.45, 7) is 0. The predicted octanol–water partition coefficient (Wildman–Crippen LogP) is 4.77. The lowest BCUT2D eigenvalue weighted by Gasteiger charge is -1.98. The Labute approximate surface area is 143 Å². The maximum absolute atomic E-state index is 14.0. The van der Waals surface area contributed by atoms with Crippen molar-refractivity contribution in [2.75, 3.05) is 19.5 Å². The van der Waals surface area contributed by atoms with E-state index in [4.69, 9.17) is 4.74 Å². The number of halogens is 1. The molecule has 0 bridgehead atoms. The predicted molar refractivity (Wildman–Crippen MR) is 98.1 cm³/mol. The molecule has 0 aliphatic carbocycles. The molecule has 2 aromatic heterocycles. The Morgan fingerprint density at radius 3 is 2.88 bits per heavy atom. The Hall–Kier alpha value is -2.73. The van der Waals surface area contributed by atoms with Gasteiger partial charge in [-0.15, -0.1) is 11.3 Å². The van der Waals surface area contributed by atoms with Crippen LogP contribution in [0.2, 0.25) is 0 Å². The second-order valence-electron chi connectivity index (χ2n) is 4.98. The highest BCUT2D eigenvalue weighted by molar-refractivity contribution is 7.19. The zero-order valence-electron chi connectivity index (χ0n) is 13.3. The molecule has 0 atom stereocenters. The van der Waals surface area contributed by atoms with Crippen molar-refractivity contribution in [1.82, 2.24) is 9.97 Å². The molecule has 0 radical (unpaired) electrons. The smallest absolute Gasteiger partial charge is 0.125 e. The van der Waals surface area contributed by atoms with Crippen LogP contribution in [0.3, 0.4) is 0 Å². The van der Waals surface area contributed by atoms with Crippen molar-refractivity contribution in [2.45, 2.75) is 0 Å². The number of aromatic nitrogens is 2. The first-order valence-electron chi connectivity index (χ1n) is 7.31. The van der Waals surface area contributed by atoms with Crippen LogP contribution in [-0.4, -0.2) is 24.1 Å². The lowest BCUT2D eigenvalue weighted by Crippen LogP contribution is -1.90. The topological polar surface area (TPSA) is 47.0 Å². The highest BCUT2D eigenvalue weighted by Crippen LogP contribution is 2.27. The Morgan fingerprint density at radius 2 is 2.17 bits per heavy atom. The van der Waals surface area contributed by atoms with Crippen molar-refractivity contribution < 1.29 is 9.13 Å². The number of anilines is 1. The van der Waals surface area contributed by atoms with Crippen molar-refractivity contribution in [3.63, 3.8) is 0 Å². The van der Waals surface area contributed by atoms with Gasteiger partial charge in [0.1, 0.15) is 22.4 Å². The van der Waals surface area contributed by atoms with E-state index in [0.29, 0.717) is 5.56 Å². The Balaban J connectivity index is 1.77. The zero-order valence-corrected chi connectivity index (χ0v) is 14.1. The molecule has 0 fully saturated rings. The third-order valence-electron chi connectivity index (χ3n) is 3.34. The summed E-state index contributed by atoms with van der Waals surface area (Å²) in [6, 6.07) is 9.27. The molecule has 0 saturated carbocycles. The summed E-state index contributed by atoms with van der Waals surface area (Å²) in [6.07, 6.45) is 6.11. The number of rotatable bonds is 5. The number of thiazole rings is 1. The molecule has 24 heavy (non-hydrogen) atoms. The largest absolute Gasteiger partial charge is 0.497 e. The average Bonchev–Trinajstić information content (AvgIpc) is 3.02. The van der Waals surface area contributed by atoms with E-state index in [-0.39, 0.29) is 5.83 Å². The number of nitrogens with zero attached hydrogens (tertiary/aromatic N) is 2. The molecule has 6 heteroatoms. The molecular formula is C18H16FN3OS. The molecule has 1 aromatic carbocycles. The molecule has 0 aliphatic heterocycles. The van der Waals surface area contributed by atoms with Crippen LogP contribution in [0.15, 0.2) is 48.4 Å². The van der Waals surface area contributed by atoms with Gasteiger partial charge in [-0.2, -0.15) is 0 Å².